The van der Waals surface area contributed by atoms with Crippen LogP contribution >= 0.6 is 0 Å². The van der Waals surface area contributed by atoms with Gasteiger partial charge >= 0.3 is 11.9 Å². The van der Waals surface area contributed by atoms with Crippen LogP contribution in [0.5, 0.6) is 5.75 Å². The summed E-state index contributed by atoms with van der Waals surface area (Å²) in [5.41, 5.74) is 33.8. The molecule has 0 aliphatic heterocycles. The molecule has 0 radical (unpaired) electrons. The molecule has 0 aliphatic carbocycles. The van der Waals surface area contributed by atoms with Crippen LogP contribution in [0.25, 0.3) is 0 Å². The lowest BCUT2D eigenvalue weighted by atomic mass is 9.96. The second kappa shape index (κ2) is 42.2. The van der Waals surface area contributed by atoms with E-state index in [1.165, 1.54) is 38.1 Å². The molecular formula is C62H94N16O19. The van der Waals surface area contributed by atoms with Gasteiger partial charge in [0.05, 0.1) is 18.9 Å². The Balaban J connectivity index is 2.63. The normalized spacial score (nSPS) is 14.7. The summed E-state index contributed by atoms with van der Waals surface area (Å²) < 4.78 is 0. The molecular weight excluding hydrogens is 1270 g/mol. The summed E-state index contributed by atoms with van der Waals surface area (Å²) in [6.45, 7) is 8.10. The fourth-order valence-electron chi connectivity index (χ4n) is 9.48. The van der Waals surface area contributed by atoms with E-state index in [4.69, 9.17) is 34.4 Å². The molecule has 12 atom stereocenters. The quantitative estimate of drug-likeness (QED) is 0.0276. The van der Waals surface area contributed by atoms with E-state index >= 15 is 0 Å². The Labute approximate surface area is 559 Å². The highest BCUT2D eigenvalue weighted by Crippen LogP contribution is 2.16. The molecule has 0 saturated carbocycles. The molecule has 536 valence electrons. The third kappa shape index (κ3) is 31.7. The van der Waals surface area contributed by atoms with E-state index in [0.29, 0.717) is 24.0 Å². The van der Waals surface area contributed by atoms with Crippen LogP contribution < -0.4 is 87.6 Å². The molecule has 0 heterocycles. The number of hydrogen-bond acceptors (Lipinski definition) is 19. The number of primary amides is 4. The van der Waals surface area contributed by atoms with Crippen molar-refractivity contribution in [2.45, 2.75) is 197 Å². The second-order valence-electron chi connectivity index (χ2n) is 23.8. The molecule has 0 bridgehead atoms. The van der Waals surface area contributed by atoms with Crippen molar-refractivity contribution in [1.29, 1.82) is 0 Å². The highest BCUT2D eigenvalue weighted by atomic mass is 16.4. The van der Waals surface area contributed by atoms with Gasteiger partial charge in [-0.05, 0) is 93.5 Å². The van der Waals surface area contributed by atoms with Gasteiger partial charge in [0, 0.05) is 32.1 Å². The Hall–Kier alpha value is -10.3. The summed E-state index contributed by atoms with van der Waals surface area (Å²) in [6.07, 6.45) is -5.26. The van der Waals surface area contributed by atoms with Crippen LogP contribution in [0.4, 0.5) is 0 Å². The van der Waals surface area contributed by atoms with Gasteiger partial charge in [0.25, 0.3) is 0 Å². The highest BCUT2D eigenvalue weighted by Gasteiger charge is 2.38. The first-order valence-electron chi connectivity index (χ1n) is 31.4. The molecule has 2 rings (SSSR count). The number of carboxylic acid groups (broad SMARTS) is 2. The number of nitrogens with two attached hydrogens (primary N) is 6. The summed E-state index contributed by atoms with van der Waals surface area (Å²) in [4.78, 5) is 214. The molecule has 0 saturated heterocycles. The maximum Gasteiger partial charge on any atom is 0.326 e. The Kier molecular flexibility index (Phi) is 36.0. The fraction of sp³-hybridized carbons (Fsp3) is 0.548. The number of aromatic hydroxyl groups is 1. The number of phenols is 1. The highest BCUT2D eigenvalue weighted by molar-refractivity contribution is 6.01. The third-order valence-corrected chi connectivity index (χ3v) is 15.0. The Morgan fingerprint density at radius 3 is 1.19 bits per heavy atom. The van der Waals surface area contributed by atoms with E-state index in [1.807, 2.05) is 0 Å². The molecule has 14 amide bonds. The van der Waals surface area contributed by atoms with Gasteiger partial charge in [0.2, 0.25) is 82.7 Å². The minimum Gasteiger partial charge on any atom is -0.508 e. The second-order valence-corrected chi connectivity index (χ2v) is 23.8. The van der Waals surface area contributed by atoms with Gasteiger partial charge in [-0.15, -0.1) is 0 Å². The van der Waals surface area contributed by atoms with E-state index in [0.717, 1.165) is 0 Å². The fourth-order valence-corrected chi connectivity index (χ4v) is 9.48. The van der Waals surface area contributed by atoms with E-state index < -0.39 is 218 Å². The summed E-state index contributed by atoms with van der Waals surface area (Å²) >= 11 is 0. The molecule has 0 aromatic heterocycles. The Morgan fingerprint density at radius 1 is 0.412 bits per heavy atom. The van der Waals surface area contributed by atoms with Crippen molar-refractivity contribution in [3.8, 4) is 5.75 Å². The van der Waals surface area contributed by atoms with Gasteiger partial charge in [-0.2, -0.15) is 0 Å². The van der Waals surface area contributed by atoms with E-state index in [9.17, 15) is 92.0 Å². The minimum absolute atomic E-state index is 0.0351. The lowest BCUT2D eigenvalue weighted by Gasteiger charge is -2.29. The predicted molar refractivity (Wildman–Crippen MR) is 346 cm³/mol. The predicted octanol–water partition coefficient (Wildman–Crippen LogP) is -5.18. The summed E-state index contributed by atoms with van der Waals surface area (Å²) in [6, 6.07) is -4.54. The number of nitrogens with one attached hydrogen (secondary N) is 10. The van der Waals surface area contributed by atoms with E-state index in [1.54, 1.807) is 51.1 Å². The molecule has 0 fully saturated rings. The topological polar surface area (TPSA) is 610 Å². The Bertz CT molecular complexity index is 3080. The van der Waals surface area contributed by atoms with Gasteiger partial charge in [-0.3, -0.25) is 71.9 Å². The van der Waals surface area contributed by atoms with Crippen molar-refractivity contribution in [3.63, 3.8) is 0 Å². The van der Waals surface area contributed by atoms with Crippen molar-refractivity contribution in [1.82, 2.24) is 53.2 Å². The van der Waals surface area contributed by atoms with Gasteiger partial charge in [-0.1, -0.05) is 76.6 Å². The largest absolute Gasteiger partial charge is 0.508 e. The molecule has 2 aromatic rings. The molecule has 2 aromatic carbocycles. The SMILES string of the molecule is CC[C@H](C)[C@H](NC(=O)[C@H](CCC(=O)O)NC(=O)[C@H](CC(N)=O)NC(=O)[C@H](CC(C)C)NC(=O)[C@H](C)N)C(=O)N[C@@H](CC(N)=O)C(=O)N[C@@H](CCC(N)=O)C(=O)N[C@@H](Cc1ccccc1)C(=O)N[C@@H](Cc1ccc(O)cc1)C(=O)N[C@@H](CCC(N)=O)C(=O)N[C@@H](CCCCN)C(=O)O. The van der Waals surface area contributed by atoms with Crippen LogP contribution in [0.2, 0.25) is 0 Å². The molecule has 35 nitrogen and oxygen atoms in total. The summed E-state index contributed by atoms with van der Waals surface area (Å²) in [5, 5.41) is 53.6. The van der Waals surface area contributed by atoms with Crippen LogP contribution in [0.3, 0.4) is 0 Å². The summed E-state index contributed by atoms with van der Waals surface area (Å²) in [5.74, 6) is -19.2. The van der Waals surface area contributed by atoms with E-state index in [2.05, 4.69) is 53.2 Å². The first kappa shape index (κ1) is 82.8. The van der Waals surface area contributed by atoms with Crippen molar-refractivity contribution >= 4 is 94.6 Å². The number of benzene rings is 2. The lowest BCUT2D eigenvalue weighted by molar-refractivity contribution is -0.142. The first-order chi connectivity index (χ1) is 45.5. The minimum atomic E-state index is -1.99. The number of aliphatic carboxylic acids is 2. The maximum atomic E-state index is 14.7. The average Bonchev–Trinajstić information content (AvgIpc) is 0.874. The number of rotatable bonds is 46. The van der Waals surface area contributed by atoms with Crippen molar-refractivity contribution < 1.29 is 92.0 Å². The van der Waals surface area contributed by atoms with Gasteiger partial charge in [-0.25, -0.2) is 4.79 Å². The van der Waals surface area contributed by atoms with Crippen LogP contribution in [0.15, 0.2) is 54.6 Å². The Morgan fingerprint density at radius 2 is 0.784 bits per heavy atom. The van der Waals surface area contributed by atoms with Gasteiger partial charge in [0.1, 0.15) is 66.2 Å². The monoisotopic (exact) mass is 1370 g/mol. The van der Waals surface area contributed by atoms with Crippen LogP contribution in [-0.2, 0) is 89.6 Å². The van der Waals surface area contributed by atoms with Crippen LogP contribution in [0, 0.1) is 11.8 Å². The standard InChI is InChI=1S/C62H94N16O19/c1-6-32(4)51(78-55(89)39(21-24-50(84)85)71-59(93)44(29-48(67)82)76-56(90)41(26-31(2)3)73-52(86)33(5)64)61(95)77-45(30-49(68)83)60(94)70-38(20-23-47(66)81)54(88)74-42(27-34-12-8-7-9-13-34)58(92)75-43(28-35-15-17-36(79)18-16-35)57(91)69-37(19-22-46(65)80)53(87)72-40(62(96)97)14-10-11-25-63/h7-9,12-13,15-18,31-33,37-45,51,79H,6,10-11,14,19-30,63-64H2,1-5H3,(H2,65,80)(H2,66,81)(H2,67,82)(H2,68,83)(H,69,91)(H,70,94)(H,71,93)(H,72,87)(H,73,86)(H,74,88)(H,75,92)(H,76,90)(H,77,95)(H,78,89)(H,84,85)(H,96,97)/t32-,33-,37-,38-,39-,40-,41-,42-,43-,44-,45-,51-/m0/s1. The number of hydrogen-bond donors (Lipinski definition) is 19. The van der Waals surface area contributed by atoms with Gasteiger partial charge in [0.15, 0.2) is 0 Å². The first-order valence-corrected chi connectivity index (χ1v) is 31.4. The van der Waals surface area contributed by atoms with Crippen LogP contribution in [0.1, 0.15) is 129 Å². The molecule has 25 N–H and O–H groups in total. The number of amides is 14. The van der Waals surface area contributed by atoms with Crippen molar-refractivity contribution in [2.75, 3.05) is 6.54 Å². The molecule has 97 heavy (non-hydrogen) atoms. The summed E-state index contributed by atoms with van der Waals surface area (Å²) in [7, 11) is 0. The zero-order chi connectivity index (χ0) is 73.2. The maximum absolute atomic E-state index is 14.7. The zero-order valence-corrected chi connectivity index (χ0v) is 54.9. The molecule has 0 spiro atoms. The molecule has 35 heteroatoms. The third-order valence-electron chi connectivity index (χ3n) is 15.0. The van der Waals surface area contributed by atoms with Gasteiger partial charge < -0.3 is 103 Å². The smallest absolute Gasteiger partial charge is 0.326 e. The number of carbonyl (C=O) groups is 16. The number of unbranched alkanes of at least 4 members (excludes halogenated alkanes) is 1. The molecule has 0 aliphatic rings. The van der Waals surface area contributed by atoms with Crippen molar-refractivity contribution in [3.05, 3.63) is 65.7 Å². The molecule has 0 unspecified atom stereocenters. The average molecular weight is 1370 g/mol. The van der Waals surface area contributed by atoms with Crippen molar-refractivity contribution in [2.24, 2.45) is 46.2 Å². The van der Waals surface area contributed by atoms with Crippen LogP contribution in [-0.4, -0.2) is 183 Å². The number of phenolic OH excluding ortho intramolecular Hbond substituents is 1. The number of carbonyl (C=O) groups excluding carboxylic acids is 14. The lowest BCUT2D eigenvalue weighted by Crippen LogP contribution is -2.62. The van der Waals surface area contributed by atoms with E-state index in [-0.39, 0.29) is 50.3 Å². The number of carboxylic acids is 2. The zero-order valence-electron chi connectivity index (χ0n) is 54.9.